The number of esters is 1. The summed E-state index contributed by atoms with van der Waals surface area (Å²) in [6.45, 7) is 14.7. The third kappa shape index (κ3) is 13.7. The van der Waals surface area contributed by atoms with Gasteiger partial charge in [0.05, 0.1) is 53.3 Å². The number of cyclic esters (lactones) is 1. The lowest BCUT2D eigenvalue weighted by molar-refractivity contribution is -0.309. The van der Waals surface area contributed by atoms with E-state index in [1.165, 1.54) is 46.2 Å². The molecule has 21 heteroatoms. The lowest BCUT2D eigenvalue weighted by Crippen LogP contribution is -2.60. The molecule has 0 spiro atoms. The summed E-state index contributed by atoms with van der Waals surface area (Å²) in [5, 5.41) is 55.4. The van der Waals surface area contributed by atoms with Gasteiger partial charge in [-0.2, -0.15) is 0 Å². The summed E-state index contributed by atoms with van der Waals surface area (Å²) in [7, 11) is 6.37. The third-order valence-corrected chi connectivity index (χ3v) is 16.3. The second kappa shape index (κ2) is 25.7. The molecule has 0 aliphatic carbocycles. The Morgan fingerprint density at radius 1 is 0.880 bits per heavy atom. The van der Waals surface area contributed by atoms with E-state index in [1.54, 1.807) is 60.1 Å². The average Bonchev–Trinajstić information content (AvgIpc) is 3.88. The predicted molar refractivity (Wildman–Crippen MR) is 271 cm³/mol. The van der Waals surface area contributed by atoms with E-state index in [0.717, 1.165) is 16.7 Å². The number of aliphatic hydroxyl groups excluding tert-OH is 3. The molecule has 0 radical (unpaired) electrons. The van der Waals surface area contributed by atoms with E-state index < -0.39 is 127 Å². The normalized spacial score (nSPS) is 37.4. The lowest BCUT2D eigenvalue weighted by atomic mass is 9.76. The van der Waals surface area contributed by atoms with Gasteiger partial charge in [0.2, 0.25) is 0 Å². The Labute approximate surface area is 440 Å². The van der Waals surface area contributed by atoms with E-state index in [2.05, 4.69) is 20.3 Å². The van der Waals surface area contributed by atoms with Gasteiger partial charge in [-0.3, -0.25) is 9.59 Å². The minimum Gasteiger partial charge on any atom is -0.459 e. The van der Waals surface area contributed by atoms with E-state index >= 15 is 0 Å². The number of methoxy groups -OCH3 is 3. The van der Waals surface area contributed by atoms with Gasteiger partial charge in [-0.25, -0.2) is 19.0 Å². The smallest absolute Gasteiger partial charge is 0.311 e. The van der Waals surface area contributed by atoms with Crippen molar-refractivity contribution in [2.45, 2.75) is 197 Å². The van der Waals surface area contributed by atoms with Gasteiger partial charge in [0, 0.05) is 89.2 Å². The maximum atomic E-state index is 14.9. The van der Waals surface area contributed by atoms with Gasteiger partial charge in [0.15, 0.2) is 12.6 Å². The van der Waals surface area contributed by atoms with Gasteiger partial charge >= 0.3 is 5.97 Å². The van der Waals surface area contributed by atoms with Gasteiger partial charge in [0.1, 0.15) is 54.8 Å². The van der Waals surface area contributed by atoms with Gasteiger partial charge in [-0.1, -0.05) is 50.3 Å². The summed E-state index contributed by atoms with van der Waals surface area (Å²) >= 11 is 0. The van der Waals surface area contributed by atoms with Crippen molar-refractivity contribution in [3.63, 3.8) is 0 Å². The van der Waals surface area contributed by atoms with Crippen LogP contribution < -0.4 is 0 Å². The van der Waals surface area contributed by atoms with Crippen molar-refractivity contribution >= 4 is 11.8 Å². The van der Waals surface area contributed by atoms with Crippen molar-refractivity contribution in [2.75, 3.05) is 41.6 Å². The highest BCUT2D eigenvalue weighted by molar-refractivity contribution is 5.83. The molecule has 1 aromatic carbocycles. The molecule has 6 rings (SSSR count). The molecule has 3 aliphatic rings. The molecule has 0 bridgehead atoms. The molecular weight excluding hydrogens is 976 g/mol. The number of carbonyl (C=O) groups is 2. The van der Waals surface area contributed by atoms with Crippen LogP contribution in [-0.2, 0) is 53.9 Å². The number of aromatic nitrogens is 5. The third-order valence-electron chi connectivity index (χ3n) is 16.3. The highest BCUT2D eigenvalue weighted by atomic mass is 19.1. The zero-order valence-corrected chi connectivity index (χ0v) is 45.9. The van der Waals surface area contributed by atoms with Crippen molar-refractivity contribution < 1.29 is 72.3 Å². The lowest BCUT2D eigenvalue weighted by Gasteiger charge is -2.48. The number of hydrogen-bond acceptors (Lipinski definition) is 19. The van der Waals surface area contributed by atoms with Crippen LogP contribution in [-0.4, -0.2) is 188 Å². The van der Waals surface area contributed by atoms with Crippen LogP contribution in [0.2, 0.25) is 0 Å². The number of alkyl halides is 1. The topological polar surface area (TPSA) is 249 Å². The van der Waals surface area contributed by atoms with Crippen molar-refractivity contribution in [3.8, 4) is 11.1 Å². The first-order valence-corrected chi connectivity index (χ1v) is 26.2. The highest BCUT2D eigenvalue weighted by Gasteiger charge is 2.52. The van der Waals surface area contributed by atoms with Crippen LogP contribution >= 0.6 is 0 Å². The van der Waals surface area contributed by atoms with E-state index in [9.17, 15) is 34.4 Å². The standard InChI is InChI=1S/C54H83FN6O14/c1-14-42-54(9,67)48(64)33(5)45(62)30(2)23-52(7,69-12)43(22-41(32(4)50(66)74-42)73-44-24-53(8,70-13)49(65)34(6)72-44)75-51-46(63)39(21-31(3)71-51)60(10)20-19-38-28-61(59-58-38)40(25-55)47(68-11)36-17-15-35(16-18-36)37-26-56-29-57-27-37/h15-18,26-34,39-44,46-49,51,63-65,67H,14,19-25H2,1-13H3/t30-,31-,32-,33+,34+,39+,40-,41+,42-,43-,44+,46-,47-,48-,49+,51+,52-,53-,54-/m1/s1. The molecule has 420 valence electrons. The molecule has 5 heterocycles. The Balaban J connectivity index is 1.25. The number of aliphatic hydroxyl groups is 4. The molecule has 3 aliphatic heterocycles. The maximum Gasteiger partial charge on any atom is 0.311 e. The number of likely N-dealkylation sites (N-methyl/N-ethyl adjacent to an activating group) is 1. The quantitative estimate of drug-likeness (QED) is 0.133. The van der Waals surface area contributed by atoms with Crippen LogP contribution in [0.25, 0.3) is 11.1 Å². The molecule has 20 nitrogen and oxygen atoms in total. The number of ether oxygens (including phenoxy) is 8. The number of hydrogen-bond donors (Lipinski definition) is 4. The van der Waals surface area contributed by atoms with Crippen molar-refractivity contribution in [1.82, 2.24) is 29.9 Å². The molecule has 3 saturated heterocycles. The first-order valence-electron chi connectivity index (χ1n) is 26.2. The number of rotatable bonds is 17. The van der Waals surface area contributed by atoms with Gasteiger partial charge in [0.25, 0.3) is 0 Å². The number of benzene rings is 1. The van der Waals surface area contributed by atoms with Gasteiger partial charge in [-0.05, 0) is 79.0 Å². The Kier molecular flexibility index (Phi) is 20.6. The Hall–Kier alpha value is -3.97. The second-order valence-electron chi connectivity index (χ2n) is 21.7. The van der Waals surface area contributed by atoms with Crippen LogP contribution in [0.3, 0.4) is 0 Å². The molecular formula is C54H83FN6O14. The highest BCUT2D eigenvalue weighted by Crippen LogP contribution is 2.40. The maximum absolute atomic E-state index is 14.9. The summed E-state index contributed by atoms with van der Waals surface area (Å²) < 4.78 is 66.6. The predicted octanol–water partition coefficient (Wildman–Crippen LogP) is 4.75. The fourth-order valence-corrected chi connectivity index (χ4v) is 11.1. The Bertz CT molecular complexity index is 2280. The molecule has 3 aromatic rings. The largest absolute Gasteiger partial charge is 0.459 e. The molecule has 75 heavy (non-hydrogen) atoms. The summed E-state index contributed by atoms with van der Waals surface area (Å²) in [4.78, 5) is 38.8. The zero-order valence-electron chi connectivity index (χ0n) is 45.9. The number of carbonyl (C=O) groups excluding carboxylic acids is 2. The van der Waals surface area contributed by atoms with Crippen LogP contribution in [0.5, 0.6) is 0 Å². The number of Topliss-reactive ketones (excluding diaryl/α,β-unsaturated/α-hetero) is 1. The minimum absolute atomic E-state index is 0.0486. The molecule has 4 N–H and O–H groups in total. The number of halogens is 1. The van der Waals surface area contributed by atoms with Crippen molar-refractivity contribution in [3.05, 3.63) is 60.4 Å². The Morgan fingerprint density at radius 3 is 2.16 bits per heavy atom. The summed E-state index contributed by atoms with van der Waals surface area (Å²) in [5.74, 6) is -4.01. The van der Waals surface area contributed by atoms with E-state index in [1.807, 2.05) is 43.1 Å². The fraction of sp³-hybridized carbons (Fsp3) is 0.741. The average molecular weight is 1060 g/mol. The summed E-state index contributed by atoms with van der Waals surface area (Å²) in [6.07, 6.45) is -3.62. The molecule has 0 unspecified atom stereocenters. The first kappa shape index (κ1) is 60.3. The van der Waals surface area contributed by atoms with Gasteiger partial charge < -0.3 is 63.2 Å². The second-order valence-corrected chi connectivity index (χ2v) is 21.7. The molecule has 19 atom stereocenters. The fourth-order valence-electron chi connectivity index (χ4n) is 11.1. The van der Waals surface area contributed by atoms with E-state index in [-0.39, 0.29) is 31.5 Å². The first-order chi connectivity index (χ1) is 35.4. The molecule has 0 saturated carbocycles. The molecule has 0 amide bonds. The van der Waals surface area contributed by atoms with E-state index in [0.29, 0.717) is 25.1 Å². The van der Waals surface area contributed by atoms with Crippen LogP contribution in [0.15, 0.2) is 49.2 Å². The SMILES string of the molecule is CC[C@H]1OC(=O)[C@H](C)[C@@H](O[C@H]2C[C@@](C)(OC)[C@@H](O)[C@H](C)O2)C[C@@H](O[C@@H]2O[C@H](C)C[C@H](N(C)CCc3cn([C@H](CF)[C@H](OC)c4ccc(-c5cncnc5)cc4)nn3)[C@H]2O)[C@](C)(OC)C[C@@H](C)C(=O)[C@H](C)[C@@H](O)[C@]1(C)O. The van der Waals surface area contributed by atoms with Crippen molar-refractivity contribution in [1.29, 1.82) is 0 Å². The van der Waals surface area contributed by atoms with Crippen LogP contribution in [0.1, 0.15) is 118 Å². The number of ketones is 1. The molecule has 2 aromatic heterocycles. The minimum atomic E-state index is -2.01. The number of nitrogens with zero attached hydrogens (tertiary/aromatic N) is 6. The molecule has 3 fully saturated rings. The Morgan fingerprint density at radius 2 is 1.55 bits per heavy atom. The summed E-state index contributed by atoms with van der Waals surface area (Å²) in [5.41, 5.74) is -1.32. The van der Waals surface area contributed by atoms with Crippen LogP contribution in [0, 0.1) is 17.8 Å². The zero-order chi connectivity index (χ0) is 55.2. The monoisotopic (exact) mass is 1060 g/mol. The summed E-state index contributed by atoms with van der Waals surface area (Å²) in [6, 6.07) is 6.27. The van der Waals surface area contributed by atoms with Gasteiger partial charge in [-0.15, -0.1) is 5.10 Å². The van der Waals surface area contributed by atoms with Crippen molar-refractivity contribution in [2.24, 2.45) is 17.8 Å². The van der Waals surface area contributed by atoms with E-state index in [4.69, 9.17) is 37.9 Å². The van der Waals surface area contributed by atoms with Crippen LogP contribution in [0.4, 0.5) is 4.39 Å².